The van der Waals surface area contributed by atoms with Gasteiger partial charge in [-0.25, -0.2) is 8.42 Å². The molecule has 3 rings (SSSR count). The number of hydrogen-bond donors (Lipinski definition) is 0. The highest BCUT2D eigenvalue weighted by molar-refractivity contribution is 7.89. The Morgan fingerprint density at radius 1 is 1.15 bits per heavy atom. The smallest absolute Gasteiger partial charge is 0.257 e. The van der Waals surface area contributed by atoms with Gasteiger partial charge in [-0.15, -0.1) is 0 Å². The highest BCUT2D eigenvalue weighted by Crippen LogP contribution is 2.27. The van der Waals surface area contributed by atoms with Gasteiger partial charge in [0, 0.05) is 26.2 Å². The summed E-state index contributed by atoms with van der Waals surface area (Å²) in [5, 5.41) is 0. The zero-order valence-corrected chi connectivity index (χ0v) is 16.7. The molecule has 0 aromatic heterocycles. The molecule has 1 aromatic rings. The minimum absolute atomic E-state index is 0.0797. The summed E-state index contributed by atoms with van der Waals surface area (Å²) in [5.74, 6) is 0.0978. The van der Waals surface area contributed by atoms with Crippen molar-refractivity contribution in [3.05, 3.63) is 23.8 Å². The Labute approximate surface area is 160 Å². The van der Waals surface area contributed by atoms with E-state index >= 15 is 0 Å². The predicted molar refractivity (Wildman–Crippen MR) is 98.5 cm³/mol. The molecule has 2 atom stereocenters. The maximum atomic E-state index is 13.1. The van der Waals surface area contributed by atoms with Crippen LogP contribution in [0.3, 0.4) is 0 Å². The number of amides is 1. The third-order valence-corrected chi connectivity index (χ3v) is 6.61. The summed E-state index contributed by atoms with van der Waals surface area (Å²) < 4.78 is 43.5. The van der Waals surface area contributed by atoms with Crippen LogP contribution in [0.25, 0.3) is 0 Å². The Balaban J connectivity index is 1.92. The summed E-state index contributed by atoms with van der Waals surface area (Å²) in [6.07, 6.45) is -0.159. The number of methoxy groups -OCH3 is 1. The molecule has 150 valence electrons. The van der Waals surface area contributed by atoms with Gasteiger partial charge in [0.1, 0.15) is 5.75 Å². The number of nitrogens with zero attached hydrogens (tertiary/aromatic N) is 2. The first-order valence-corrected chi connectivity index (χ1v) is 10.5. The van der Waals surface area contributed by atoms with Gasteiger partial charge in [-0.1, -0.05) is 0 Å². The molecule has 8 nitrogen and oxygen atoms in total. The Bertz CT molecular complexity index is 781. The number of benzene rings is 1. The van der Waals surface area contributed by atoms with Crippen LogP contribution < -0.4 is 4.74 Å². The van der Waals surface area contributed by atoms with Crippen molar-refractivity contribution in [1.29, 1.82) is 0 Å². The number of carbonyl (C=O) groups excluding carboxylic acids is 1. The van der Waals surface area contributed by atoms with Crippen molar-refractivity contribution in [2.45, 2.75) is 31.0 Å². The van der Waals surface area contributed by atoms with Crippen LogP contribution in [0.1, 0.15) is 24.2 Å². The van der Waals surface area contributed by atoms with Crippen molar-refractivity contribution in [3.8, 4) is 5.75 Å². The van der Waals surface area contributed by atoms with Gasteiger partial charge in [0.2, 0.25) is 10.0 Å². The number of carbonyl (C=O) groups is 1. The van der Waals surface area contributed by atoms with E-state index in [1.165, 1.54) is 29.6 Å². The van der Waals surface area contributed by atoms with Crippen LogP contribution in [0.15, 0.2) is 23.1 Å². The van der Waals surface area contributed by atoms with E-state index in [9.17, 15) is 13.2 Å². The molecule has 0 N–H and O–H groups in total. The second-order valence-electron chi connectivity index (χ2n) is 6.85. The van der Waals surface area contributed by atoms with Crippen LogP contribution >= 0.6 is 0 Å². The third kappa shape index (κ3) is 4.26. The number of ether oxygens (including phenoxy) is 3. The van der Waals surface area contributed by atoms with Crippen LogP contribution in [-0.2, 0) is 19.5 Å². The Morgan fingerprint density at radius 3 is 2.37 bits per heavy atom. The molecule has 0 spiro atoms. The van der Waals surface area contributed by atoms with Crippen molar-refractivity contribution in [3.63, 3.8) is 0 Å². The molecule has 27 heavy (non-hydrogen) atoms. The lowest BCUT2D eigenvalue weighted by molar-refractivity contribution is -0.0586. The monoisotopic (exact) mass is 398 g/mol. The van der Waals surface area contributed by atoms with Crippen molar-refractivity contribution >= 4 is 15.9 Å². The molecular formula is C18H26N2O6S. The fourth-order valence-corrected chi connectivity index (χ4v) is 4.90. The fourth-order valence-electron chi connectivity index (χ4n) is 3.46. The molecule has 0 unspecified atom stereocenters. The van der Waals surface area contributed by atoms with Gasteiger partial charge in [-0.3, -0.25) is 4.79 Å². The number of rotatable bonds is 4. The lowest BCUT2D eigenvalue weighted by Gasteiger charge is -2.35. The first-order chi connectivity index (χ1) is 12.8. The van der Waals surface area contributed by atoms with E-state index in [-0.39, 0.29) is 28.6 Å². The van der Waals surface area contributed by atoms with E-state index < -0.39 is 10.0 Å². The van der Waals surface area contributed by atoms with Crippen LogP contribution in [0.5, 0.6) is 5.75 Å². The molecule has 0 aliphatic carbocycles. The van der Waals surface area contributed by atoms with Gasteiger partial charge in [0.25, 0.3) is 5.91 Å². The van der Waals surface area contributed by atoms with Crippen LogP contribution in [0.2, 0.25) is 0 Å². The van der Waals surface area contributed by atoms with Gasteiger partial charge >= 0.3 is 0 Å². The Morgan fingerprint density at radius 2 is 1.78 bits per heavy atom. The largest absolute Gasteiger partial charge is 0.496 e. The molecule has 1 aromatic carbocycles. The number of hydrogen-bond acceptors (Lipinski definition) is 6. The van der Waals surface area contributed by atoms with Gasteiger partial charge in [0.15, 0.2) is 0 Å². The van der Waals surface area contributed by atoms with Crippen molar-refractivity contribution < 1.29 is 27.4 Å². The molecule has 2 saturated heterocycles. The summed E-state index contributed by atoms with van der Waals surface area (Å²) in [5.41, 5.74) is 0.244. The van der Waals surface area contributed by atoms with E-state index in [2.05, 4.69) is 0 Å². The summed E-state index contributed by atoms with van der Waals surface area (Å²) >= 11 is 0. The first-order valence-electron chi connectivity index (χ1n) is 9.03. The molecule has 1 amide bonds. The minimum Gasteiger partial charge on any atom is -0.496 e. The van der Waals surface area contributed by atoms with E-state index in [0.29, 0.717) is 45.1 Å². The maximum Gasteiger partial charge on any atom is 0.257 e. The van der Waals surface area contributed by atoms with Crippen LogP contribution in [0, 0.1) is 0 Å². The molecule has 0 bridgehead atoms. The normalized spacial score (nSPS) is 24.6. The summed E-state index contributed by atoms with van der Waals surface area (Å²) in [6, 6.07) is 4.43. The molecular weight excluding hydrogens is 372 g/mol. The fraction of sp³-hybridized carbons (Fsp3) is 0.611. The first kappa shape index (κ1) is 20.1. The molecule has 0 saturated carbocycles. The van der Waals surface area contributed by atoms with Crippen LogP contribution in [-0.4, -0.2) is 82.2 Å². The Kier molecular flexibility index (Phi) is 6.05. The second kappa shape index (κ2) is 8.14. The van der Waals surface area contributed by atoms with E-state index in [1.54, 1.807) is 4.90 Å². The third-order valence-electron chi connectivity index (χ3n) is 4.72. The van der Waals surface area contributed by atoms with Gasteiger partial charge in [-0.2, -0.15) is 4.31 Å². The minimum atomic E-state index is -3.69. The summed E-state index contributed by atoms with van der Waals surface area (Å²) in [4.78, 5) is 14.9. The van der Waals surface area contributed by atoms with Gasteiger partial charge in [-0.05, 0) is 32.0 Å². The molecule has 2 fully saturated rings. The quantitative estimate of drug-likeness (QED) is 0.751. The topological polar surface area (TPSA) is 85.4 Å². The maximum absolute atomic E-state index is 13.1. The van der Waals surface area contributed by atoms with E-state index in [0.717, 1.165) is 0 Å². The van der Waals surface area contributed by atoms with E-state index in [1.807, 2.05) is 13.8 Å². The number of sulfonamides is 1. The average Bonchev–Trinajstić information content (AvgIpc) is 2.66. The van der Waals surface area contributed by atoms with Crippen molar-refractivity contribution in [2.24, 2.45) is 0 Å². The standard InChI is InChI=1S/C18H26N2O6S/c1-13-11-19(12-14(2)26-13)18(21)16-10-15(4-5-17(16)24-3)27(22,23)20-6-8-25-9-7-20/h4-5,10,13-14H,6-9,11-12H2,1-3H3/t13-,14+. The predicted octanol–water partition coefficient (Wildman–Crippen LogP) is 0.965. The van der Waals surface area contributed by atoms with Crippen molar-refractivity contribution in [1.82, 2.24) is 9.21 Å². The van der Waals surface area contributed by atoms with Gasteiger partial charge < -0.3 is 19.1 Å². The average molecular weight is 398 g/mol. The summed E-state index contributed by atoms with van der Waals surface area (Å²) in [6.45, 7) is 6.06. The lowest BCUT2D eigenvalue weighted by Crippen LogP contribution is -2.48. The molecule has 2 heterocycles. The zero-order valence-electron chi connectivity index (χ0n) is 15.9. The molecule has 9 heteroatoms. The van der Waals surface area contributed by atoms with Crippen LogP contribution in [0.4, 0.5) is 0 Å². The SMILES string of the molecule is COc1ccc(S(=O)(=O)N2CCOCC2)cc1C(=O)N1C[C@@H](C)O[C@@H](C)C1. The van der Waals surface area contributed by atoms with Gasteiger partial charge in [0.05, 0.1) is 43.0 Å². The molecule has 2 aliphatic heterocycles. The second-order valence-corrected chi connectivity index (χ2v) is 8.78. The van der Waals surface area contributed by atoms with Crippen molar-refractivity contribution in [2.75, 3.05) is 46.5 Å². The zero-order chi connectivity index (χ0) is 19.6. The molecule has 2 aliphatic rings. The molecule has 0 radical (unpaired) electrons. The number of morpholine rings is 2. The Hall–Kier alpha value is -1.68. The highest BCUT2D eigenvalue weighted by Gasteiger charge is 2.31. The lowest BCUT2D eigenvalue weighted by atomic mass is 10.1. The van der Waals surface area contributed by atoms with E-state index in [4.69, 9.17) is 14.2 Å². The highest BCUT2D eigenvalue weighted by atomic mass is 32.2. The summed E-state index contributed by atoms with van der Waals surface area (Å²) in [7, 11) is -2.23.